The summed E-state index contributed by atoms with van der Waals surface area (Å²) in [5, 5.41) is 8.66. The molecule has 0 aromatic heterocycles. The highest BCUT2D eigenvalue weighted by molar-refractivity contribution is 5.92. The summed E-state index contributed by atoms with van der Waals surface area (Å²) >= 11 is 0. The molecule has 0 fully saturated rings. The van der Waals surface area contributed by atoms with E-state index < -0.39 is 5.97 Å². The molecule has 0 aliphatic rings. The Kier molecular flexibility index (Phi) is 6.23. The molecule has 0 bridgehead atoms. The predicted molar refractivity (Wildman–Crippen MR) is 79.2 cm³/mol. The standard InChI is InChI=1S/C16H19NO3/c1-3-11-17(12-10-16(19)20)15(18)9-8-14-6-4-13(2)5-7-14/h3-9H,1,10-12H2,2H3,(H,19,20)/b9-8+. The van der Waals surface area contributed by atoms with E-state index in [4.69, 9.17) is 5.11 Å². The zero-order valence-corrected chi connectivity index (χ0v) is 11.6. The average Bonchev–Trinajstić information content (AvgIpc) is 2.42. The van der Waals surface area contributed by atoms with Crippen LogP contribution in [0.4, 0.5) is 0 Å². The Morgan fingerprint density at radius 1 is 1.30 bits per heavy atom. The molecule has 4 heteroatoms. The van der Waals surface area contributed by atoms with E-state index in [2.05, 4.69) is 6.58 Å². The van der Waals surface area contributed by atoms with Crippen molar-refractivity contribution in [1.82, 2.24) is 4.90 Å². The average molecular weight is 273 g/mol. The van der Waals surface area contributed by atoms with Gasteiger partial charge in [-0.15, -0.1) is 6.58 Å². The van der Waals surface area contributed by atoms with E-state index in [-0.39, 0.29) is 18.9 Å². The molecule has 0 saturated heterocycles. The van der Waals surface area contributed by atoms with Crippen LogP contribution in [0.2, 0.25) is 0 Å². The first kappa shape index (κ1) is 15.7. The number of amides is 1. The van der Waals surface area contributed by atoms with Gasteiger partial charge in [-0.3, -0.25) is 9.59 Å². The lowest BCUT2D eigenvalue weighted by Gasteiger charge is -2.18. The predicted octanol–water partition coefficient (Wildman–Crippen LogP) is 2.50. The quantitative estimate of drug-likeness (QED) is 0.613. The lowest BCUT2D eigenvalue weighted by molar-refractivity contribution is -0.137. The number of aryl methyl sites for hydroxylation is 1. The summed E-state index contributed by atoms with van der Waals surface area (Å²) in [6.07, 6.45) is 4.69. The second kappa shape index (κ2) is 7.94. The molecule has 20 heavy (non-hydrogen) atoms. The van der Waals surface area contributed by atoms with E-state index in [9.17, 15) is 9.59 Å². The van der Waals surface area contributed by atoms with Crippen LogP contribution < -0.4 is 0 Å². The van der Waals surface area contributed by atoms with Gasteiger partial charge in [-0.05, 0) is 18.6 Å². The Morgan fingerprint density at radius 3 is 2.50 bits per heavy atom. The van der Waals surface area contributed by atoms with Crippen molar-refractivity contribution < 1.29 is 14.7 Å². The number of hydrogen-bond donors (Lipinski definition) is 1. The first-order valence-electron chi connectivity index (χ1n) is 6.39. The van der Waals surface area contributed by atoms with Crippen molar-refractivity contribution in [1.29, 1.82) is 0 Å². The van der Waals surface area contributed by atoms with Gasteiger partial charge in [0.15, 0.2) is 0 Å². The van der Waals surface area contributed by atoms with Crippen molar-refractivity contribution in [2.75, 3.05) is 13.1 Å². The Bertz CT molecular complexity index is 503. The minimum absolute atomic E-state index is 0.0715. The van der Waals surface area contributed by atoms with Crippen LogP contribution in [-0.4, -0.2) is 35.0 Å². The zero-order chi connectivity index (χ0) is 15.0. The third-order valence-electron chi connectivity index (χ3n) is 2.75. The molecule has 0 radical (unpaired) electrons. The van der Waals surface area contributed by atoms with Gasteiger partial charge in [0.1, 0.15) is 0 Å². The van der Waals surface area contributed by atoms with E-state index >= 15 is 0 Å². The van der Waals surface area contributed by atoms with Gasteiger partial charge in [0.2, 0.25) is 5.91 Å². The highest BCUT2D eigenvalue weighted by Gasteiger charge is 2.10. The number of nitrogens with zero attached hydrogens (tertiary/aromatic N) is 1. The Labute approximate surface area is 119 Å². The fourth-order valence-electron chi connectivity index (χ4n) is 1.63. The highest BCUT2D eigenvalue weighted by Crippen LogP contribution is 2.06. The molecule has 1 aromatic rings. The van der Waals surface area contributed by atoms with Crippen molar-refractivity contribution in [3.63, 3.8) is 0 Å². The molecule has 106 valence electrons. The van der Waals surface area contributed by atoms with Crippen molar-refractivity contribution in [2.45, 2.75) is 13.3 Å². The summed E-state index contributed by atoms with van der Waals surface area (Å²) in [6.45, 7) is 6.09. The van der Waals surface area contributed by atoms with Gasteiger partial charge in [0.05, 0.1) is 6.42 Å². The number of rotatable bonds is 7. The summed E-state index contributed by atoms with van der Waals surface area (Å²) in [4.78, 5) is 24.0. The topological polar surface area (TPSA) is 57.6 Å². The molecule has 0 aliphatic heterocycles. The molecular weight excluding hydrogens is 254 g/mol. The van der Waals surface area contributed by atoms with Crippen LogP contribution in [-0.2, 0) is 9.59 Å². The number of benzene rings is 1. The van der Waals surface area contributed by atoms with Crippen LogP contribution in [0.25, 0.3) is 6.08 Å². The maximum absolute atomic E-state index is 12.0. The summed E-state index contributed by atoms with van der Waals surface area (Å²) in [5.41, 5.74) is 2.09. The van der Waals surface area contributed by atoms with Gasteiger partial charge in [-0.25, -0.2) is 0 Å². The first-order valence-corrected chi connectivity index (χ1v) is 6.39. The summed E-state index contributed by atoms with van der Waals surface area (Å²) in [6, 6.07) is 7.79. The number of hydrogen-bond acceptors (Lipinski definition) is 2. The molecule has 0 saturated carbocycles. The highest BCUT2D eigenvalue weighted by atomic mass is 16.4. The maximum Gasteiger partial charge on any atom is 0.305 e. The first-order chi connectivity index (χ1) is 9.52. The van der Waals surface area contributed by atoms with Gasteiger partial charge in [-0.2, -0.15) is 0 Å². The van der Waals surface area contributed by atoms with Gasteiger partial charge in [0.25, 0.3) is 0 Å². The minimum atomic E-state index is -0.922. The smallest absolute Gasteiger partial charge is 0.305 e. The van der Waals surface area contributed by atoms with Gasteiger partial charge < -0.3 is 10.0 Å². The third-order valence-corrected chi connectivity index (χ3v) is 2.75. The van der Waals surface area contributed by atoms with Gasteiger partial charge in [0, 0.05) is 19.2 Å². The molecule has 1 N–H and O–H groups in total. The molecule has 0 atom stereocenters. The molecule has 4 nitrogen and oxygen atoms in total. The van der Waals surface area contributed by atoms with E-state index in [0.29, 0.717) is 6.54 Å². The second-order valence-electron chi connectivity index (χ2n) is 4.46. The van der Waals surface area contributed by atoms with Crippen molar-refractivity contribution >= 4 is 18.0 Å². The zero-order valence-electron chi connectivity index (χ0n) is 11.6. The summed E-state index contributed by atoms with van der Waals surface area (Å²) in [5.74, 6) is -1.14. The SMILES string of the molecule is C=CCN(CCC(=O)O)C(=O)/C=C/c1ccc(C)cc1. The van der Waals surface area contributed by atoms with E-state index in [0.717, 1.165) is 11.1 Å². The molecule has 0 unspecified atom stereocenters. The Hall–Kier alpha value is -2.36. The van der Waals surface area contributed by atoms with E-state index in [1.165, 1.54) is 11.0 Å². The molecule has 1 rings (SSSR count). The molecule has 1 aromatic carbocycles. The fraction of sp³-hybridized carbons (Fsp3) is 0.250. The van der Waals surface area contributed by atoms with Crippen molar-refractivity contribution in [3.05, 3.63) is 54.1 Å². The number of carbonyl (C=O) groups is 2. The maximum atomic E-state index is 12.0. The number of carbonyl (C=O) groups excluding carboxylic acids is 1. The van der Waals surface area contributed by atoms with E-state index in [1.54, 1.807) is 12.2 Å². The molecule has 1 amide bonds. The second-order valence-corrected chi connectivity index (χ2v) is 4.46. The van der Waals surface area contributed by atoms with Crippen LogP contribution in [0.15, 0.2) is 43.0 Å². The van der Waals surface area contributed by atoms with Crippen molar-refractivity contribution in [3.8, 4) is 0 Å². The molecular formula is C16H19NO3. The Balaban J connectivity index is 2.66. The molecule has 0 aliphatic carbocycles. The molecule has 0 spiro atoms. The third kappa shape index (κ3) is 5.52. The largest absolute Gasteiger partial charge is 0.481 e. The normalized spacial score (nSPS) is 10.4. The van der Waals surface area contributed by atoms with Crippen LogP contribution in [0.1, 0.15) is 17.5 Å². The van der Waals surface area contributed by atoms with Crippen LogP contribution >= 0.6 is 0 Å². The van der Waals surface area contributed by atoms with E-state index in [1.807, 2.05) is 31.2 Å². The minimum Gasteiger partial charge on any atom is -0.481 e. The Morgan fingerprint density at radius 2 is 1.95 bits per heavy atom. The van der Waals surface area contributed by atoms with Crippen molar-refractivity contribution in [2.24, 2.45) is 0 Å². The lowest BCUT2D eigenvalue weighted by atomic mass is 10.1. The van der Waals surface area contributed by atoms with Crippen LogP contribution in [0, 0.1) is 6.92 Å². The van der Waals surface area contributed by atoms with Crippen LogP contribution in [0.3, 0.4) is 0 Å². The summed E-state index contributed by atoms with van der Waals surface area (Å²) in [7, 11) is 0. The monoisotopic (exact) mass is 273 g/mol. The lowest BCUT2D eigenvalue weighted by Crippen LogP contribution is -2.31. The summed E-state index contributed by atoms with van der Waals surface area (Å²) < 4.78 is 0. The number of carboxylic acid groups (broad SMARTS) is 1. The number of aliphatic carboxylic acids is 1. The molecule has 0 heterocycles. The van der Waals surface area contributed by atoms with Gasteiger partial charge >= 0.3 is 5.97 Å². The number of carboxylic acids is 1. The fourth-order valence-corrected chi connectivity index (χ4v) is 1.63. The van der Waals surface area contributed by atoms with Gasteiger partial charge in [-0.1, -0.05) is 35.9 Å². The van der Waals surface area contributed by atoms with Crippen LogP contribution in [0.5, 0.6) is 0 Å².